The molecule has 0 spiro atoms. The zero-order valence-electron chi connectivity index (χ0n) is 17.4. The van der Waals surface area contributed by atoms with Crippen molar-refractivity contribution in [2.45, 2.75) is 57.9 Å². The van der Waals surface area contributed by atoms with Crippen LogP contribution in [-0.4, -0.2) is 37.0 Å². The number of nitro groups is 1. The van der Waals surface area contributed by atoms with E-state index in [-0.39, 0.29) is 17.6 Å². The van der Waals surface area contributed by atoms with Crippen LogP contribution in [0.5, 0.6) is 0 Å². The highest BCUT2D eigenvalue weighted by Crippen LogP contribution is 2.42. The number of amides is 1. The Morgan fingerprint density at radius 3 is 2.34 bits per heavy atom. The van der Waals surface area contributed by atoms with E-state index in [1.165, 1.54) is 25.3 Å². The van der Waals surface area contributed by atoms with Crippen LogP contribution in [0.25, 0.3) is 0 Å². The van der Waals surface area contributed by atoms with Crippen LogP contribution in [0.3, 0.4) is 0 Å². The summed E-state index contributed by atoms with van der Waals surface area (Å²) in [6.45, 7) is 4.12. The van der Waals surface area contributed by atoms with Crippen molar-refractivity contribution in [3.05, 3.63) is 27.8 Å². The van der Waals surface area contributed by atoms with Gasteiger partial charge in [-0.2, -0.15) is 0 Å². The minimum atomic E-state index is -0.409. The van der Waals surface area contributed by atoms with Gasteiger partial charge in [-0.15, -0.1) is 0 Å². The summed E-state index contributed by atoms with van der Waals surface area (Å²) in [5, 5.41) is 17.7. The van der Waals surface area contributed by atoms with E-state index in [0.717, 1.165) is 44.5 Å². The van der Waals surface area contributed by atoms with Gasteiger partial charge in [-0.25, -0.2) is 0 Å². The minimum absolute atomic E-state index is 0.0435. The van der Waals surface area contributed by atoms with Crippen LogP contribution in [0.2, 0.25) is 0 Å². The zero-order chi connectivity index (χ0) is 20.5. The topological polar surface area (TPSA) is 87.5 Å². The second-order valence-electron chi connectivity index (χ2n) is 9.18. The molecular formula is C22H32N4O3. The van der Waals surface area contributed by atoms with Crippen molar-refractivity contribution >= 4 is 23.0 Å². The monoisotopic (exact) mass is 400 g/mol. The lowest BCUT2D eigenvalue weighted by molar-refractivity contribution is -0.383. The zero-order valence-corrected chi connectivity index (χ0v) is 17.4. The fourth-order valence-electron chi connectivity index (χ4n) is 5.47. The molecule has 3 aliphatic rings. The van der Waals surface area contributed by atoms with Crippen LogP contribution < -0.4 is 15.5 Å². The maximum absolute atomic E-state index is 13.2. The van der Waals surface area contributed by atoms with Gasteiger partial charge in [-0.1, -0.05) is 13.3 Å². The van der Waals surface area contributed by atoms with Gasteiger partial charge in [0.25, 0.3) is 11.6 Å². The summed E-state index contributed by atoms with van der Waals surface area (Å²) in [5.74, 6) is 1.89. The van der Waals surface area contributed by atoms with E-state index >= 15 is 0 Å². The molecule has 2 aliphatic carbocycles. The molecular weight excluding hydrogens is 368 g/mol. The lowest BCUT2D eigenvalue weighted by Crippen LogP contribution is -2.38. The molecule has 1 heterocycles. The van der Waals surface area contributed by atoms with E-state index in [2.05, 4.69) is 22.5 Å². The molecule has 29 heavy (non-hydrogen) atoms. The molecule has 0 radical (unpaired) electrons. The van der Waals surface area contributed by atoms with Crippen molar-refractivity contribution in [3.8, 4) is 0 Å². The molecule has 1 aromatic rings. The Labute approximate surface area is 172 Å². The molecule has 0 aromatic heterocycles. The second kappa shape index (κ2) is 8.20. The van der Waals surface area contributed by atoms with E-state index in [4.69, 9.17) is 0 Å². The lowest BCUT2D eigenvalue weighted by atomic mass is 9.87. The third kappa shape index (κ3) is 4.05. The highest BCUT2D eigenvalue weighted by molar-refractivity contribution is 6.02. The summed E-state index contributed by atoms with van der Waals surface area (Å²) in [4.78, 5) is 26.7. The molecule has 3 fully saturated rings. The standard InChI is InChI=1S/C22H32N4O3/c1-14-6-8-17(9-7-14)24-22(27)18-10-21(26(28)29)19(23-2)11-20(18)25-12-15-4-3-5-16(15)13-25/h10-11,14-17,23H,3-9,12-13H2,1-2H3,(H,24,27)/t14-,15?,16?,17-. The summed E-state index contributed by atoms with van der Waals surface area (Å²) in [5.41, 5.74) is 1.69. The van der Waals surface area contributed by atoms with E-state index in [1.807, 2.05) is 0 Å². The maximum atomic E-state index is 13.2. The van der Waals surface area contributed by atoms with Crippen molar-refractivity contribution in [1.29, 1.82) is 0 Å². The van der Waals surface area contributed by atoms with E-state index < -0.39 is 4.92 Å². The van der Waals surface area contributed by atoms with Gasteiger partial charge in [0.05, 0.1) is 16.2 Å². The van der Waals surface area contributed by atoms with Gasteiger partial charge < -0.3 is 15.5 Å². The van der Waals surface area contributed by atoms with Crippen LogP contribution in [0.1, 0.15) is 62.2 Å². The largest absolute Gasteiger partial charge is 0.383 e. The first-order valence-electron chi connectivity index (χ1n) is 11.0. The van der Waals surface area contributed by atoms with Gasteiger partial charge in [-0.3, -0.25) is 14.9 Å². The summed E-state index contributed by atoms with van der Waals surface area (Å²) in [6.07, 6.45) is 7.97. The van der Waals surface area contributed by atoms with Gasteiger partial charge >= 0.3 is 0 Å². The van der Waals surface area contributed by atoms with Gasteiger partial charge in [0.2, 0.25) is 0 Å². The normalized spacial score (nSPS) is 28.8. The summed E-state index contributed by atoms with van der Waals surface area (Å²) in [6, 6.07) is 3.43. The van der Waals surface area contributed by atoms with Crippen LogP contribution in [0.15, 0.2) is 12.1 Å². The molecule has 1 amide bonds. The Morgan fingerprint density at radius 2 is 1.76 bits per heavy atom. The predicted octanol–water partition coefficient (Wildman–Crippen LogP) is 4.18. The molecule has 2 saturated carbocycles. The highest BCUT2D eigenvalue weighted by Gasteiger charge is 2.38. The number of anilines is 2. The number of nitro benzene ring substituents is 1. The number of carbonyl (C=O) groups is 1. The van der Waals surface area contributed by atoms with Crippen molar-refractivity contribution in [2.24, 2.45) is 17.8 Å². The molecule has 1 aliphatic heterocycles. The quantitative estimate of drug-likeness (QED) is 0.572. The first kappa shape index (κ1) is 20.0. The van der Waals surface area contributed by atoms with Crippen LogP contribution in [0, 0.1) is 27.9 Å². The second-order valence-corrected chi connectivity index (χ2v) is 9.18. The number of fused-ring (bicyclic) bond motifs is 1. The highest BCUT2D eigenvalue weighted by atomic mass is 16.6. The lowest BCUT2D eigenvalue weighted by Gasteiger charge is -2.28. The predicted molar refractivity (Wildman–Crippen MR) is 115 cm³/mol. The molecule has 1 aromatic carbocycles. The molecule has 4 rings (SSSR count). The first-order valence-corrected chi connectivity index (χ1v) is 11.0. The Balaban J connectivity index is 1.63. The number of nitrogens with zero attached hydrogens (tertiary/aromatic N) is 2. The van der Waals surface area contributed by atoms with Crippen molar-refractivity contribution < 1.29 is 9.72 Å². The van der Waals surface area contributed by atoms with Crippen LogP contribution in [0.4, 0.5) is 17.1 Å². The smallest absolute Gasteiger partial charge is 0.293 e. The van der Waals surface area contributed by atoms with Crippen molar-refractivity contribution in [3.63, 3.8) is 0 Å². The Hall–Kier alpha value is -2.31. The summed E-state index contributed by atoms with van der Waals surface area (Å²) < 4.78 is 0. The Morgan fingerprint density at radius 1 is 1.10 bits per heavy atom. The third-order valence-corrected chi connectivity index (χ3v) is 7.24. The Kier molecular flexibility index (Phi) is 5.65. The SMILES string of the molecule is CNc1cc(N2CC3CCCC3C2)c(C(=O)N[C@H]2CC[C@H](C)CC2)cc1[N+](=O)[O-]. The van der Waals surface area contributed by atoms with E-state index in [9.17, 15) is 14.9 Å². The molecule has 7 nitrogen and oxygen atoms in total. The number of rotatable bonds is 5. The van der Waals surface area contributed by atoms with Crippen LogP contribution in [-0.2, 0) is 0 Å². The number of nitrogens with one attached hydrogen (secondary N) is 2. The third-order valence-electron chi connectivity index (χ3n) is 7.24. The molecule has 7 heteroatoms. The fourth-order valence-corrected chi connectivity index (χ4v) is 5.47. The van der Waals surface area contributed by atoms with Crippen molar-refractivity contribution in [2.75, 3.05) is 30.4 Å². The number of hydrogen-bond acceptors (Lipinski definition) is 5. The molecule has 158 valence electrons. The summed E-state index contributed by atoms with van der Waals surface area (Å²) >= 11 is 0. The van der Waals surface area contributed by atoms with Crippen LogP contribution >= 0.6 is 0 Å². The van der Waals surface area contributed by atoms with Gasteiger partial charge in [-0.05, 0) is 62.3 Å². The number of carbonyl (C=O) groups excluding carboxylic acids is 1. The number of hydrogen-bond donors (Lipinski definition) is 2. The first-order chi connectivity index (χ1) is 14.0. The minimum Gasteiger partial charge on any atom is -0.383 e. The molecule has 2 unspecified atom stereocenters. The molecule has 2 N–H and O–H groups in total. The Bertz CT molecular complexity index is 777. The molecule has 1 saturated heterocycles. The fraction of sp³-hybridized carbons (Fsp3) is 0.682. The maximum Gasteiger partial charge on any atom is 0.293 e. The van der Waals surface area contributed by atoms with E-state index in [0.29, 0.717) is 29.0 Å². The van der Waals surface area contributed by atoms with E-state index in [1.54, 1.807) is 13.1 Å². The summed E-state index contributed by atoms with van der Waals surface area (Å²) in [7, 11) is 1.69. The van der Waals surface area contributed by atoms with Crippen molar-refractivity contribution in [1.82, 2.24) is 5.32 Å². The van der Waals surface area contributed by atoms with Gasteiger partial charge in [0.1, 0.15) is 5.69 Å². The van der Waals surface area contributed by atoms with Gasteiger partial charge in [0.15, 0.2) is 0 Å². The average molecular weight is 401 g/mol. The molecule has 0 bridgehead atoms. The number of benzene rings is 1. The van der Waals surface area contributed by atoms with Gasteiger partial charge in [0, 0.05) is 32.2 Å². The average Bonchev–Trinajstić information content (AvgIpc) is 3.30. The molecule has 2 atom stereocenters.